The van der Waals surface area contributed by atoms with E-state index < -0.39 is 18.4 Å². The second kappa shape index (κ2) is 9.90. The van der Waals surface area contributed by atoms with Crippen molar-refractivity contribution in [3.05, 3.63) is 82.9 Å². The molecule has 3 rings (SSSR count). The number of amides is 2. The Balaban J connectivity index is 1.79. The number of alkyl halides is 2. The first-order chi connectivity index (χ1) is 14.9. The van der Waals surface area contributed by atoms with Crippen LogP contribution in [-0.2, 0) is 0 Å². The van der Waals surface area contributed by atoms with E-state index in [1.165, 1.54) is 19.2 Å². The van der Waals surface area contributed by atoms with Gasteiger partial charge in [-0.2, -0.15) is 8.78 Å². The number of carbonyl (C=O) groups is 2. The van der Waals surface area contributed by atoms with Gasteiger partial charge in [0.25, 0.3) is 11.8 Å². The zero-order valence-electron chi connectivity index (χ0n) is 16.2. The van der Waals surface area contributed by atoms with Crippen molar-refractivity contribution in [3.63, 3.8) is 0 Å². The molecule has 31 heavy (non-hydrogen) atoms. The van der Waals surface area contributed by atoms with Gasteiger partial charge in [-0.15, -0.1) is 0 Å². The maximum atomic E-state index is 12.7. The normalized spacial score (nSPS) is 10.5. The minimum atomic E-state index is -3.07. The highest BCUT2D eigenvalue weighted by Gasteiger charge is 2.16. The molecule has 0 bridgehead atoms. The third-order valence-corrected chi connectivity index (χ3v) is 4.42. The lowest BCUT2D eigenvalue weighted by Gasteiger charge is -2.14. The van der Waals surface area contributed by atoms with Gasteiger partial charge in [0.2, 0.25) is 0 Å². The highest BCUT2D eigenvalue weighted by Crippen LogP contribution is 2.30. The fourth-order valence-electron chi connectivity index (χ4n) is 2.70. The third kappa shape index (κ3) is 5.70. The summed E-state index contributed by atoms with van der Waals surface area (Å²) in [4.78, 5) is 25.2. The van der Waals surface area contributed by atoms with E-state index >= 15 is 0 Å². The summed E-state index contributed by atoms with van der Waals surface area (Å²) in [5, 5.41) is 5.87. The van der Waals surface area contributed by atoms with Gasteiger partial charge in [-0.1, -0.05) is 23.7 Å². The molecule has 3 aromatic rings. The molecule has 2 amide bonds. The van der Waals surface area contributed by atoms with Crippen molar-refractivity contribution in [2.75, 3.05) is 17.7 Å². The van der Waals surface area contributed by atoms with Gasteiger partial charge in [0.15, 0.2) is 11.5 Å². The monoisotopic (exact) mass is 446 g/mol. The lowest BCUT2D eigenvalue weighted by molar-refractivity contribution is -0.0512. The van der Waals surface area contributed by atoms with Crippen molar-refractivity contribution >= 4 is 34.8 Å². The molecular formula is C22H17ClF2N2O4. The second-order valence-corrected chi connectivity index (χ2v) is 6.64. The van der Waals surface area contributed by atoms with Crippen molar-refractivity contribution in [1.29, 1.82) is 0 Å². The summed E-state index contributed by atoms with van der Waals surface area (Å²) in [5.41, 5.74) is 1.13. The molecule has 6 nitrogen and oxygen atoms in total. The van der Waals surface area contributed by atoms with Gasteiger partial charge in [-0.25, -0.2) is 0 Å². The maximum Gasteiger partial charge on any atom is 0.387 e. The Labute approximate surface area is 181 Å². The van der Waals surface area contributed by atoms with Crippen LogP contribution in [-0.4, -0.2) is 25.5 Å². The topological polar surface area (TPSA) is 76.7 Å². The number of methoxy groups -OCH3 is 1. The van der Waals surface area contributed by atoms with Crippen molar-refractivity contribution in [2.45, 2.75) is 6.61 Å². The fourth-order valence-corrected chi connectivity index (χ4v) is 2.82. The molecule has 0 aliphatic rings. The van der Waals surface area contributed by atoms with Gasteiger partial charge in [0.1, 0.15) is 0 Å². The van der Waals surface area contributed by atoms with E-state index in [1.54, 1.807) is 48.5 Å². The summed E-state index contributed by atoms with van der Waals surface area (Å²) in [6, 6.07) is 16.8. The third-order valence-electron chi connectivity index (χ3n) is 4.17. The Morgan fingerprint density at radius 2 is 1.39 bits per heavy atom. The smallest absolute Gasteiger partial charge is 0.387 e. The largest absolute Gasteiger partial charge is 0.493 e. The molecule has 0 radical (unpaired) electrons. The number of halogens is 3. The van der Waals surface area contributed by atoms with Gasteiger partial charge in [-0.3, -0.25) is 9.59 Å². The predicted octanol–water partition coefficient (Wildman–Crippen LogP) is 5.45. The molecule has 0 atom stereocenters. The number of ether oxygens (including phenoxy) is 2. The van der Waals surface area contributed by atoms with Crippen LogP contribution in [0.25, 0.3) is 0 Å². The van der Waals surface area contributed by atoms with Gasteiger partial charge in [0, 0.05) is 16.1 Å². The van der Waals surface area contributed by atoms with E-state index in [9.17, 15) is 18.4 Å². The summed E-state index contributed by atoms with van der Waals surface area (Å²) in [6.45, 7) is -3.07. The molecule has 0 spiro atoms. The molecule has 0 aliphatic heterocycles. The zero-order chi connectivity index (χ0) is 22.4. The van der Waals surface area contributed by atoms with Crippen molar-refractivity contribution in [2.24, 2.45) is 0 Å². The van der Waals surface area contributed by atoms with Crippen LogP contribution < -0.4 is 20.1 Å². The average Bonchev–Trinajstić information content (AvgIpc) is 2.75. The Hall–Kier alpha value is -3.65. The highest BCUT2D eigenvalue weighted by molar-refractivity contribution is 6.30. The highest BCUT2D eigenvalue weighted by atomic mass is 35.5. The molecule has 9 heteroatoms. The SMILES string of the molecule is COc1ccc(C(=O)Nc2ccccc2NC(=O)c2ccc(Cl)cc2)cc1OC(F)F. The van der Waals surface area contributed by atoms with Crippen molar-refractivity contribution < 1.29 is 27.8 Å². The van der Waals surface area contributed by atoms with E-state index in [4.69, 9.17) is 16.3 Å². The number of para-hydroxylation sites is 2. The van der Waals surface area contributed by atoms with Gasteiger partial charge < -0.3 is 20.1 Å². The number of hydrogen-bond donors (Lipinski definition) is 2. The standard InChI is InChI=1S/C22H17ClF2N2O4/c1-30-18-11-8-14(12-19(18)31-22(24)25)21(29)27-17-5-3-2-4-16(17)26-20(28)13-6-9-15(23)10-7-13/h2-12,22H,1H3,(H,26,28)(H,27,29). The van der Waals surface area contributed by atoms with Crippen LogP contribution in [0.4, 0.5) is 20.2 Å². The van der Waals surface area contributed by atoms with E-state index in [-0.39, 0.29) is 17.1 Å². The number of carbonyl (C=O) groups excluding carboxylic acids is 2. The minimum absolute atomic E-state index is 0.0625. The van der Waals surface area contributed by atoms with Crippen LogP contribution in [0.1, 0.15) is 20.7 Å². The first-order valence-corrected chi connectivity index (χ1v) is 9.35. The summed E-state index contributed by atoms with van der Waals surface area (Å²) in [6.07, 6.45) is 0. The molecule has 0 aliphatic carbocycles. The number of nitrogens with one attached hydrogen (secondary N) is 2. The van der Waals surface area contributed by atoms with Crippen LogP contribution in [0.3, 0.4) is 0 Å². The minimum Gasteiger partial charge on any atom is -0.493 e. The van der Waals surface area contributed by atoms with Gasteiger partial charge in [-0.05, 0) is 54.6 Å². The summed E-state index contributed by atoms with van der Waals surface area (Å²) < 4.78 is 34.6. The summed E-state index contributed by atoms with van der Waals surface area (Å²) in [7, 11) is 1.30. The Bertz CT molecular complexity index is 1090. The first-order valence-electron chi connectivity index (χ1n) is 8.97. The van der Waals surface area contributed by atoms with Gasteiger partial charge in [0.05, 0.1) is 18.5 Å². The van der Waals surface area contributed by atoms with Crippen LogP contribution >= 0.6 is 11.6 Å². The molecular weight excluding hydrogens is 430 g/mol. The summed E-state index contributed by atoms with van der Waals surface area (Å²) >= 11 is 5.84. The maximum absolute atomic E-state index is 12.7. The molecule has 3 aromatic carbocycles. The Kier molecular flexibility index (Phi) is 7.04. The van der Waals surface area contributed by atoms with Crippen LogP contribution in [0.15, 0.2) is 66.7 Å². The molecule has 0 unspecified atom stereocenters. The number of rotatable bonds is 7. The van der Waals surface area contributed by atoms with Crippen molar-refractivity contribution in [1.82, 2.24) is 0 Å². The zero-order valence-corrected chi connectivity index (χ0v) is 17.0. The number of hydrogen-bond acceptors (Lipinski definition) is 4. The van der Waals surface area contributed by atoms with Crippen LogP contribution in [0.5, 0.6) is 11.5 Å². The molecule has 0 fully saturated rings. The predicted molar refractivity (Wildman–Crippen MR) is 113 cm³/mol. The quantitative estimate of drug-likeness (QED) is 0.505. The Morgan fingerprint density at radius 3 is 1.94 bits per heavy atom. The van der Waals surface area contributed by atoms with Crippen LogP contribution in [0, 0.1) is 0 Å². The lowest BCUT2D eigenvalue weighted by Crippen LogP contribution is -2.17. The molecule has 160 valence electrons. The number of anilines is 2. The van der Waals surface area contributed by atoms with E-state index in [0.717, 1.165) is 6.07 Å². The van der Waals surface area contributed by atoms with E-state index in [2.05, 4.69) is 15.4 Å². The second-order valence-electron chi connectivity index (χ2n) is 6.20. The van der Waals surface area contributed by atoms with Crippen LogP contribution in [0.2, 0.25) is 5.02 Å². The summed E-state index contributed by atoms with van der Waals surface area (Å²) in [5.74, 6) is -1.19. The van der Waals surface area contributed by atoms with E-state index in [0.29, 0.717) is 22.0 Å². The fraction of sp³-hybridized carbons (Fsp3) is 0.0909. The van der Waals surface area contributed by atoms with Crippen molar-refractivity contribution in [3.8, 4) is 11.5 Å². The van der Waals surface area contributed by atoms with E-state index in [1.807, 2.05) is 0 Å². The molecule has 0 aromatic heterocycles. The lowest BCUT2D eigenvalue weighted by atomic mass is 10.1. The first kappa shape index (κ1) is 22.0. The molecule has 0 saturated heterocycles. The molecule has 0 heterocycles. The Morgan fingerprint density at radius 1 is 0.839 bits per heavy atom. The number of benzene rings is 3. The average molecular weight is 447 g/mol. The van der Waals surface area contributed by atoms with Gasteiger partial charge >= 0.3 is 6.61 Å². The molecule has 2 N–H and O–H groups in total. The molecule has 0 saturated carbocycles.